The molecule has 0 heterocycles. The fourth-order valence-corrected chi connectivity index (χ4v) is 1.81. The number of rotatable bonds is 4. The molecule has 0 aliphatic rings. The molecule has 0 aromatic heterocycles. The number of nitro benzene ring substituents is 1. The van der Waals surface area contributed by atoms with Gasteiger partial charge in [0.2, 0.25) is 0 Å². The van der Waals surface area contributed by atoms with Crippen LogP contribution in [0, 0.1) is 21.4 Å². The van der Waals surface area contributed by atoms with E-state index in [2.05, 4.69) is 5.32 Å². The number of nitriles is 1. The maximum Gasteiger partial charge on any atom is 0.271 e. The van der Waals surface area contributed by atoms with Crippen molar-refractivity contribution in [2.24, 2.45) is 0 Å². The zero-order valence-corrected chi connectivity index (χ0v) is 11.8. The van der Waals surface area contributed by atoms with Gasteiger partial charge in [0.15, 0.2) is 0 Å². The molecule has 0 spiro atoms. The van der Waals surface area contributed by atoms with Crippen LogP contribution in [0.1, 0.15) is 5.56 Å². The van der Waals surface area contributed by atoms with Crippen molar-refractivity contribution in [3.05, 3.63) is 69.8 Å². The molecule has 0 bridgehead atoms. The Bertz CT molecular complexity index is 837. The van der Waals surface area contributed by atoms with E-state index in [1.165, 1.54) is 36.4 Å². The maximum atomic E-state index is 12.1. The van der Waals surface area contributed by atoms with Crippen LogP contribution in [-0.4, -0.2) is 15.9 Å². The predicted octanol–water partition coefficient (Wildman–Crippen LogP) is 2.85. The van der Waals surface area contributed by atoms with Crippen molar-refractivity contribution in [1.29, 1.82) is 5.26 Å². The Morgan fingerprint density at radius 3 is 2.65 bits per heavy atom. The van der Waals surface area contributed by atoms with Gasteiger partial charge in [-0.05, 0) is 18.2 Å². The summed E-state index contributed by atoms with van der Waals surface area (Å²) in [5.41, 5.74) is 0.102. The molecule has 0 aliphatic carbocycles. The summed E-state index contributed by atoms with van der Waals surface area (Å²) in [4.78, 5) is 22.2. The Morgan fingerprint density at radius 1 is 1.26 bits per heavy atom. The van der Waals surface area contributed by atoms with Crippen LogP contribution in [0.2, 0.25) is 0 Å². The summed E-state index contributed by atoms with van der Waals surface area (Å²) in [7, 11) is 0. The van der Waals surface area contributed by atoms with Crippen molar-refractivity contribution in [1.82, 2.24) is 0 Å². The highest BCUT2D eigenvalue weighted by Crippen LogP contribution is 2.21. The van der Waals surface area contributed by atoms with E-state index < -0.39 is 10.8 Å². The molecule has 0 saturated carbocycles. The third-order valence-electron chi connectivity index (χ3n) is 2.92. The third kappa shape index (κ3) is 3.92. The largest absolute Gasteiger partial charge is 0.507 e. The second kappa shape index (κ2) is 6.87. The number of benzene rings is 2. The van der Waals surface area contributed by atoms with Crippen molar-refractivity contribution >= 4 is 23.4 Å². The summed E-state index contributed by atoms with van der Waals surface area (Å²) in [6.07, 6.45) is 1.24. The van der Waals surface area contributed by atoms with E-state index in [4.69, 9.17) is 5.26 Å². The van der Waals surface area contributed by atoms with Crippen LogP contribution in [0.4, 0.5) is 11.4 Å². The first-order valence-electron chi connectivity index (χ1n) is 6.47. The zero-order chi connectivity index (χ0) is 16.8. The fraction of sp³-hybridized carbons (Fsp3) is 0. The molecule has 0 unspecified atom stereocenters. The van der Waals surface area contributed by atoms with E-state index in [1.807, 2.05) is 0 Å². The number of phenolic OH excluding ortho intramolecular Hbond substituents is 1. The lowest BCUT2D eigenvalue weighted by molar-refractivity contribution is -0.384. The molecule has 2 aromatic carbocycles. The Kier molecular flexibility index (Phi) is 4.69. The van der Waals surface area contributed by atoms with Gasteiger partial charge in [0, 0.05) is 23.4 Å². The molecule has 1 amide bonds. The number of amides is 1. The minimum absolute atomic E-state index is 0.0663. The number of non-ortho nitro benzene ring substituents is 1. The number of carbonyl (C=O) groups is 1. The van der Waals surface area contributed by atoms with Gasteiger partial charge in [0.05, 0.1) is 4.92 Å². The van der Waals surface area contributed by atoms with Gasteiger partial charge in [-0.3, -0.25) is 14.9 Å². The van der Waals surface area contributed by atoms with E-state index in [-0.39, 0.29) is 22.7 Å². The number of nitro groups is 1. The summed E-state index contributed by atoms with van der Waals surface area (Å²) in [6.45, 7) is 0. The second-order valence-electron chi connectivity index (χ2n) is 4.49. The van der Waals surface area contributed by atoms with E-state index >= 15 is 0 Å². The standard InChI is InChI=1S/C16H11N3O4/c17-10-12(8-11-4-1-2-7-15(11)20)16(21)18-13-5-3-6-14(9-13)19(22)23/h1-9,20H,(H,18,21)/b12-8+. The van der Waals surface area contributed by atoms with E-state index in [9.17, 15) is 20.0 Å². The highest BCUT2D eigenvalue weighted by Gasteiger charge is 2.12. The van der Waals surface area contributed by atoms with Crippen LogP contribution in [0.5, 0.6) is 5.75 Å². The van der Waals surface area contributed by atoms with Crippen LogP contribution in [-0.2, 0) is 4.79 Å². The van der Waals surface area contributed by atoms with E-state index in [0.29, 0.717) is 5.56 Å². The second-order valence-corrected chi connectivity index (χ2v) is 4.49. The molecule has 0 radical (unpaired) electrons. The van der Waals surface area contributed by atoms with Gasteiger partial charge < -0.3 is 10.4 Å². The van der Waals surface area contributed by atoms with Crippen LogP contribution in [0.25, 0.3) is 6.08 Å². The summed E-state index contributed by atoms with van der Waals surface area (Å²) in [6, 6.07) is 13.4. The Labute approximate surface area is 131 Å². The zero-order valence-electron chi connectivity index (χ0n) is 11.8. The monoisotopic (exact) mass is 309 g/mol. The molecule has 2 aromatic rings. The van der Waals surface area contributed by atoms with Gasteiger partial charge in [-0.25, -0.2) is 0 Å². The van der Waals surface area contributed by atoms with Gasteiger partial charge in [-0.15, -0.1) is 0 Å². The van der Waals surface area contributed by atoms with Gasteiger partial charge in [0.25, 0.3) is 11.6 Å². The molecular weight excluding hydrogens is 298 g/mol. The summed E-state index contributed by atoms with van der Waals surface area (Å²) < 4.78 is 0. The molecule has 0 saturated heterocycles. The predicted molar refractivity (Wildman–Crippen MR) is 83.4 cm³/mol. The van der Waals surface area contributed by atoms with Crippen LogP contribution >= 0.6 is 0 Å². The SMILES string of the molecule is N#C/C(=C\c1ccccc1O)C(=O)Nc1cccc([N+](=O)[O-])c1. The minimum Gasteiger partial charge on any atom is -0.507 e. The maximum absolute atomic E-state index is 12.1. The van der Waals surface area contributed by atoms with Crippen molar-refractivity contribution in [2.75, 3.05) is 5.32 Å². The number of hydrogen-bond donors (Lipinski definition) is 2. The highest BCUT2D eigenvalue weighted by atomic mass is 16.6. The first-order chi connectivity index (χ1) is 11.0. The van der Waals surface area contributed by atoms with E-state index in [0.717, 1.165) is 0 Å². The Balaban J connectivity index is 2.25. The summed E-state index contributed by atoms with van der Waals surface area (Å²) in [5.74, 6) is -0.792. The van der Waals surface area contributed by atoms with Gasteiger partial charge in [-0.2, -0.15) is 5.26 Å². The quantitative estimate of drug-likeness (QED) is 0.390. The molecule has 0 fully saturated rings. The minimum atomic E-state index is -0.726. The van der Waals surface area contributed by atoms with Crippen molar-refractivity contribution in [2.45, 2.75) is 0 Å². The third-order valence-corrected chi connectivity index (χ3v) is 2.92. The van der Waals surface area contributed by atoms with Crippen LogP contribution in [0.3, 0.4) is 0 Å². The molecule has 0 aliphatic heterocycles. The first kappa shape index (κ1) is 15.7. The number of carbonyl (C=O) groups excluding carboxylic acids is 1. The lowest BCUT2D eigenvalue weighted by Gasteiger charge is -2.04. The molecule has 0 atom stereocenters. The number of anilines is 1. The molecular formula is C16H11N3O4. The lowest BCUT2D eigenvalue weighted by Crippen LogP contribution is -2.13. The highest BCUT2D eigenvalue weighted by molar-refractivity contribution is 6.09. The molecule has 2 rings (SSSR count). The number of hydrogen-bond acceptors (Lipinski definition) is 5. The molecule has 7 nitrogen and oxygen atoms in total. The van der Waals surface area contributed by atoms with E-state index in [1.54, 1.807) is 24.3 Å². The molecule has 7 heteroatoms. The first-order valence-corrected chi connectivity index (χ1v) is 6.47. The summed E-state index contributed by atoms with van der Waals surface area (Å²) >= 11 is 0. The van der Waals surface area contributed by atoms with Crippen molar-refractivity contribution < 1.29 is 14.8 Å². The van der Waals surface area contributed by atoms with Crippen LogP contribution < -0.4 is 5.32 Å². The lowest BCUT2D eigenvalue weighted by atomic mass is 10.1. The fourth-order valence-electron chi connectivity index (χ4n) is 1.81. The Hall–Kier alpha value is -3.66. The van der Waals surface area contributed by atoms with Crippen molar-refractivity contribution in [3.63, 3.8) is 0 Å². The number of nitrogens with one attached hydrogen (secondary N) is 1. The Morgan fingerprint density at radius 2 is 2.00 bits per heavy atom. The van der Waals surface area contributed by atoms with Gasteiger partial charge in [0.1, 0.15) is 17.4 Å². The topological polar surface area (TPSA) is 116 Å². The molecule has 114 valence electrons. The van der Waals surface area contributed by atoms with Gasteiger partial charge in [-0.1, -0.05) is 24.3 Å². The summed E-state index contributed by atoms with van der Waals surface area (Å²) in [5, 5.41) is 31.9. The average Bonchev–Trinajstić information content (AvgIpc) is 2.54. The number of nitrogens with zero attached hydrogens (tertiary/aromatic N) is 2. The number of para-hydroxylation sites is 1. The number of phenols is 1. The van der Waals surface area contributed by atoms with Gasteiger partial charge >= 0.3 is 0 Å². The number of aromatic hydroxyl groups is 1. The van der Waals surface area contributed by atoms with Crippen LogP contribution in [0.15, 0.2) is 54.1 Å². The smallest absolute Gasteiger partial charge is 0.271 e. The molecule has 23 heavy (non-hydrogen) atoms. The normalized spacial score (nSPS) is 10.7. The van der Waals surface area contributed by atoms with Crippen molar-refractivity contribution in [3.8, 4) is 11.8 Å². The average molecular weight is 309 g/mol. The molecule has 2 N–H and O–H groups in total.